The lowest BCUT2D eigenvalue weighted by Gasteiger charge is -2.49. The summed E-state index contributed by atoms with van der Waals surface area (Å²) >= 11 is 0. The summed E-state index contributed by atoms with van der Waals surface area (Å²) in [6, 6.07) is 16.9. The van der Waals surface area contributed by atoms with Crippen LogP contribution in [0.25, 0.3) is 11.0 Å². The van der Waals surface area contributed by atoms with E-state index in [1.54, 1.807) is 24.3 Å². The predicted molar refractivity (Wildman–Crippen MR) is 111 cm³/mol. The predicted octanol–water partition coefficient (Wildman–Crippen LogP) is 1.59. The maximum absolute atomic E-state index is 13.0. The van der Waals surface area contributed by atoms with Crippen molar-refractivity contribution >= 4 is 16.9 Å². The van der Waals surface area contributed by atoms with E-state index in [4.69, 9.17) is 0 Å². The molecule has 2 atom stereocenters. The Balaban J connectivity index is 1.64. The molecular formula is C22H24N4O3. The number of nitrogens with zero attached hydrogens (tertiary/aromatic N) is 3. The average molecular weight is 392 g/mol. The number of likely N-dealkylation sites (tertiary alicyclic amines) is 1. The second-order valence-corrected chi connectivity index (χ2v) is 7.63. The lowest BCUT2D eigenvalue weighted by atomic mass is 9.77. The summed E-state index contributed by atoms with van der Waals surface area (Å²) in [6.45, 7) is 0.538. The minimum absolute atomic E-state index is 0.125. The maximum Gasteiger partial charge on any atom is 0.280 e. The molecule has 2 N–H and O–H groups in total. The Morgan fingerprint density at radius 3 is 2.55 bits per heavy atom. The van der Waals surface area contributed by atoms with E-state index >= 15 is 0 Å². The number of hydrogen-bond donors (Lipinski definition) is 2. The van der Waals surface area contributed by atoms with Gasteiger partial charge in [0.2, 0.25) is 0 Å². The number of H-pyrrole nitrogens is 1. The van der Waals surface area contributed by atoms with Crippen LogP contribution in [0.3, 0.4) is 0 Å². The number of aromatic amines is 1. The topological polar surface area (TPSA) is 89.5 Å². The minimum atomic E-state index is -0.808. The molecule has 2 aromatic carbocycles. The Hall–Kier alpha value is -3.03. The van der Waals surface area contributed by atoms with Crippen LogP contribution >= 0.6 is 0 Å². The molecule has 7 heteroatoms. The van der Waals surface area contributed by atoms with Crippen molar-refractivity contribution in [1.29, 1.82) is 0 Å². The molecule has 0 unspecified atom stereocenters. The average Bonchev–Trinajstić information content (AvgIpc) is 2.73. The Morgan fingerprint density at radius 2 is 1.86 bits per heavy atom. The van der Waals surface area contributed by atoms with E-state index in [9.17, 15) is 14.7 Å². The van der Waals surface area contributed by atoms with Gasteiger partial charge in [0.25, 0.3) is 11.5 Å². The molecule has 7 nitrogen and oxygen atoms in total. The fourth-order valence-corrected chi connectivity index (χ4v) is 4.28. The van der Waals surface area contributed by atoms with E-state index in [1.807, 2.05) is 49.3 Å². The fraction of sp³-hybridized carbons (Fsp3) is 0.318. The van der Waals surface area contributed by atoms with Crippen LogP contribution in [-0.2, 0) is 5.54 Å². The molecule has 1 aromatic heterocycles. The third kappa shape index (κ3) is 3.22. The zero-order valence-corrected chi connectivity index (χ0v) is 16.5. The number of aliphatic hydroxyl groups excluding tert-OH is 1. The van der Waals surface area contributed by atoms with Gasteiger partial charge in [0.1, 0.15) is 0 Å². The molecular weight excluding hydrogens is 368 g/mol. The van der Waals surface area contributed by atoms with Gasteiger partial charge in [-0.05, 0) is 38.2 Å². The molecule has 1 aliphatic heterocycles. The smallest absolute Gasteiger partial charge is 0.280 e. The number of rotatable bonds is 3. The van der Waals surface area contributed by atoms with Crippen molar-refractivity contribution in [2.45, 2.75) is 18.1 Å². The van der Waals surface area contributed by atoms with Crippen molar-refractivity contribution in [3.8, 4) is 0 Å². The van der Waals surface area contributed by atoms with Crippen LogP contribution in [0.4, 0.5) is 0 Å². The molecule has 150 valence electrons. The number of aromatic nitrogens is 2. The number of amides is 1. The third-order valence-corrected chi connectivity index (χ3v) is 5.87. The van der Waals surface area contributed by atoms with E-state index in [2.05, 4.69) is 9.97 Å². The summed E-state index contributed by atoms with van der Waals surface area (Å²) in [4.78, 5) is 36.0. The largest absolute Gasteiger partial charge is 0.389 e. The normalized spacial score (nSPS) is 22.2. The molecule has 1 amide bonds. The van der Waals surface area contributed by atoms with E-state index in [1.165, 1.54) is 4.90 Å². The van der Waals surface area contributed by atoms with E-state index in [-0.39, 0.29) is 12.2 Å². The summed E-state index contributed by atoms with van der Waals surface area (Å²) < 4.78 is 0. The molecule has 3 aromatic rings. The first-order valence-corrected chi connectivity index (χ1v) is 9.63. The Kier molecular flexibility index (Phi) is 4.94. The second-order valence-electron chi connectivity index (χ2n) is 7.63. The van der Waals surface area contributed by atoms with Crippen LogP contribution in [0.5, 0.6) is 0 Å². The number of carbonyl (C=O) groups is 1. The first-order chi connectivity index (χ1) is 13.9. The molecule has 29 heavy (non-hydrogen) atoms. The van der Waals surface area contributed by atoms with Gasteiger partial charge in [-0.25, -0.2) is 4.98 Å². The highest BCUT2D eigenvalue weighted by Gasteiger charge is 2.46. The van der Waals surface area contributed by atoms with E-state index in [0.29, 0.717) is 24.0 Å². The highest BCUT2D eigenvalue weighted by Crippen LogP contribution is 2.37. The zero-order chi connectivity index (χ0) is 20.6. The van der Waals surface area contributed by atoms with Gasteiger partial charge in [-0.1, -0.05) is 42.5 Å². The molecule has 0 saturated carbocycles. The molecule has 2 heterocycles. The zero-order valence-electron chi connectivity index (χ0n) is 16.5. The van der Waals surface area contributed by atoms with Crippen LogP contribution in [0, 0.1) is 0 Å². The number of likely N-dealkylation sites (N-methyl/N-ethyl adjacent to an activating group) is 1. The number of fused-ring (bicyclic) bond motifs is 1. The number of aliphatic hydroxyl groups is 1. The van der Waals surface area contributed by atoms with Crippen LogP contribution in [0.2, 0.25) is 0 Å². The lowest BCUT2D eigenvalue weighted by Crippen LogP contribution is -2.61. The maximum atomic E-state index is 13.0. The molecule has 0 radical (unpaired) electrons. The first kappa shape index (κ1) is 19.3. The molecule has 0 bridgehead atoms. The summed E-state index contributed by atoms with van der Waals surface area (Å²) in [5.74, 6) is -0.462. The van der Waals surface area contributed by atoms with Crippen molar-refractivity contribution in [2.24, 2.45) is 0 Å². The number of nitrogens with one attached hydrogen (secondary N) is 1. The van der Waals surface area contributed by atoms with Crippen LogP contribution in [0.15, 0.2) is 59.4 Å². The minimum Gasteiger partial charge on any atom is -0.389 e. The van der Waals surface area contributed by atoms with E-state index in [0.717, 1.165) is 5.56 Å². The highest BCUT2D eigenvalue weighted by atomic mass is 16.3. The standard InChI is InChI=1S/C22H24N4O3/c1-25(2)22(15-8-4-3-5-9-15)12-13-26(14-18(22)27)21(29)19-20(28)24-17-11-7-6-10-16(17)23-19/h3-11,18,27H,12-14H2,1-2H3,(H,24,28)/t18-,22+/m1/s1. The van der Waals surface area contributed by atoms with Gasteiger partial charge in [0, 0.05) is 13.1 Å². The van der Waals surface area contributed by atoms with Gasteiger partial charge in [-0.3, -0.25) is 14.5 Å². The van der Waals surface area contributed by atoms with Crippen molar-refractivity contribution in [3.05, 3.63) is 76.2 Å². The van der Waals surface area contributed by atoms with Gasteiger partial charge in [0.05, 0.1) is 22.7 Å². The molecule has 1 aliphatic rings. The highest BCUT2D eigenvalue weighted by molar-refractivity contribution is 5.93. The summed E-state index contributed by atoms with van der Waals surface area (Å²) in [6.07, 6.45) is -0.264. The second kappa shape index (κ2) is 7.42. The summed E-state index contributed by atoms with van der Waals surface area (Å²) in [5, 5.41) is 11.1. The molecule has 0 aliphatic carbocycles. The van der Waals surface area contributed by atoms with Gasteiger partial charge < -0.3 is 15.0 Å². The molecule has 1 saturated heterocycles. The summed E-state index contributed by atoms with van der Waals surface area (Å²) in [5.41, 5.74) is 0.889. The van der Waals surface area contributed by atoms with Gasteiger partial charge >= 0.3 is 0 Å². The molecule has 0 spiro atoms. The molecule has 4 rings (SSSR count). The van der Waals surface area contributed by atoms with Crippen molar-refractivity contribution < 1.29 is 9.90 Å². The molecule has 1 fully saturated rings. The quantitative estimate of drug-likeness (QED) is 0.707. The Morgan fingerprint density at radius 1 is 1.17 bits per heavy atom. The van der Waals surface area contributed by atoms with Gasteiger partial charge in [-0.15, -0.1) is 0 Å². The van der Waals surface area contributed by atoms with E-state index < -0.39 is 23.1 Å². The van der Waals surface area contributed by atoms with Crippen molar-refractivity contribution in [3.63, 3.8) is 0 Å². The number of carbonyl (C=O) groups excluding carboxylic acids is 1. The van der Waals surface area contributed by atoms with Crippen LogP contribution in [0.1, 0.15) is 22.5 Å². The summed E-state index contributed by atoms with van der Waals surface area (Å²) in [7, 11) is 3.87. The monoisotopic (exact) mass is 392 g/mol. The van der Waals surface area contributed by atoms with Crippen LogP contribution < -0.4 is 5.56 Å². The number of benzene rings is 2. The third-order valence-electron chi connectivity index (χ3n) is 5.87. The van der Waals surface area contributed by atoms with Gasteiger partial charge in [-0.2, -0.15) is 0 Å². The van der Waals surface area contributed by atoms with Crippen LogP contribution in [-0.4, -0.2) is 64.1 Å². The number of β-amino-alcohol motifs (C(OH)–C–C–N with tert-alkyl or cyclic N) is 1. The fourth-order valence-electron chi connectivity index (χ4n) is 4.28. The number of piperidine rings is 1. The first-order valence-electron chi connectivity index (χ1n) is 9.63. The number of para-hydroxylation sites is 2. The Labute approximate surface area is 168 Å². The van der Waals surface area contributed by atoms with Crippen molar-refractivity contribution in [2.75, 3.05) is 27.2 Å². The number of hydrogen-bond acceptors (Lipinski definition) is 5. The van der Waals surface area contributed by atoms with Crippen molar-refractivity contribution in [1.82, 2.24) is 19.8 Å². The van der Waals surface area contributed by atoms with Gasteiger partial charge in [0.15, 0.2) is 5.69 Å². The lowest BCUT2D eigenvalue weighted by molar-refractivity contribution is -0.0613. The Bertz CT molecular complexity index is 1100. The SMILES string of the molecule is CN(C)[C@]1(c2ccccc2)CCN(C(=O)c2nc3ccccc3[nH]c2=O)C[C@H]1O.